The Kier molecular flexibility index (Phi) is 9.27. The smallest absolute Gasteiger partial charge is 0.328 e. The molecular weight excluding hydrogens is 420 g/mol. The first-order chi connectivity index (χ1) is 15.3. The first kappa shape index (κ1) is 24.4. The number of carbonyl (C=O) groups is 3. The molecule has 1 N–H and O–H groups in total. The molecule has 0 aliphatic heterocycles. The standard InChI is InChI=1S/C22H26N2O8/c1-14(32-17-8-6-5-7-9-17)12-29-22(27)15(2)24-21(26)19-20(31-13-30-16(3)25)18(28-4)10-11-23-19/h5-11,14-15H,12-13H2,1-4H3,(H,24,26)/t14-,15-/m0/s1. The Morgan fingerprint density at radius 2 is 1.78 bits per heavy atom. The molecule has 0 spiro atoms. The average Bonchev–Trinajstić information content (AvgIpc) is 2.77. The molecular formula is C22H26N2O8. The van der Waals surface area contributed by atoms with Crippen LogP contribution in [0, 0.1) is 0 Å². The van der Waals surface area contributed by atoms with Crippen LogP contribution >= 0.6 is 0 Å². The van der Waals surface area contributed by atoms with Gasteiger partial charge in [0.05, 0.1) is 7.11 Å². The van der Waals surface area contributed by atoms with Crippen molar-refractivity contribution in [2.75, 3.05) is 20.5 Å². The minimum Gasteiger partial charge on any atom is -0.493 e. The van der Waals surface area contributed by atoms with Gasteiger partial charge in [0.1, 0.15) is 24.5 Å². The van der Waals surface area contributed by atoms with Crippen LogP contribution in [0.5, 0.6) is 17.2 Å². The van der Waals surface area contributed by atoms with Crippen LogP contribution < -0.4 is 19.5 Å². The van der Waals surface area contributed by atoms with Crippen LogP contribution in [-0.2, 0) is 19.1 Å². The number of para-hydroxylation sites is 1. The number of aromatic nitrogens is 1. The third kappa shape index (κ3) is 7.46. The van der Waals surface area contributed by atoms with Crippen LogP contribution in [-0.4, -0.2) is 55.5 Å². The lowest BCUT2D eigenvalue weighted by Gasteiger charge is -2.18. The lowest BCUT2D eigenvalue weighted by atomic mass is 10.2. The maximum atomic E-state index is 12.7. The molecule has 2 rings (SSSR count). The molecule has 0 saturated heterocycles. The molecule has 2 aromatic rings. The molecule has 0 unspecified atom stereocenters. The van der Waals surface area contributed by atoms with Crippen molar-refractivity contribution in [2.45, 2.75) is 32.9 Å². The number of methoxy groups -OCH3 is 1. The first-order valence-electron chi connectivity index (χ1n) is 9.80. The van der Waals surface area contributed by atoms with E-state index in [1.54, 1.807) is 19.1 Å². The molecule has 1 amide bonds. The number of nitrogens with one attached hydrogen (secondary N) is 1. The second-order valence-electron chi connectivity index (χ2n) is 6.66. The molecule has 172 valence electrons. The zero-order valence-electron chi connectivity index (χ0n) is 18.3. The van der Waals surface area contributed by atoms with Crippen molar-refractivity contribution in [3.05, 3.63) is 48.3 Å². The summed E-state index contributed by atoms with van der Waals surface area (Å²) in [6, 6.07) is 9.64. The highest BCUT2D eigenvalue weighted by atomic mass is 16.7. The van der Waals surface area contributed by atoms with Crippen LogP contribution in [0.15, 0.2) is 42.6 Å². The average molecular weight is 446 g/mol. The molecule has 1 aromatic heterocycles. The molecule has 0 radical (unpaired) electrons. The normalized spacial score (nSPS) is 12.1. The summed E-state index contributed by atoms with van der Waals surface area (Å²) in [6.45, 7) is 4.02. The summed E-state index contributed by atoms with van der Waals surface area (Å²) in [5, 5.41) is 2.50. The fourth-order valence-corrected chi connectivity index (χ4v) is 2.48. The summed E-state index contributed by atoms with van der Waals surface area (Å²) >= 11 is 0. The number of hydrogen-bond acceptors (Lipinski definition) is 9. The quantitative estimate of drug-likeness (QED) is 0.408. The molecule has 0 fully saturated rings. The Morgan fingerprint density at radius 1 is 1.06 bits per heavy atom. The number of hydrogen-bond donors (Lipinski definition) is 1. The van der Waals surface area contributed by atoms with Crippen molar-refractivity contribution in [1.29, 1.82) is 0 Å². The Bertz CT molecular complexity index is 919. The summed E-state index contributed by atoms with van der Waals surface area (Å²) in [7, 11) is 1.38. The Hall–Kier alpha value is -3.82. The molecule has 1 aromatic carbocycles. The highest BCUT2D eigenvalue weighted by molar-refractivity contribution is 5.98. The van der Waals surface area contributed by atoms with Gasteiger partial charge in [0, 0.05) is 19.2 Å². The van der Waals surface area contributed by atoms with E-state index in [2.05, 4.69) is 10.3 Å². The van der Waals surface area contributed by atoms with E-state index < -0.39 is 30.7 Å². The molecule has 32 heavy (non-hydrogen) atoms. The Labute approximate surface area is 185 Å². The van der Waals surface area contributed by atoms with E-state index in [1.807, 2.05) is 18.2 Å². The van der Waals surface area contributed by atoms with Crippen molar-refractivity contribution in [1.82, 2.24) is 10.3 Å². The van der Waals surface area contributed by atoms with Gasteiger partial charge in [-0.25, -0.2) is 9.78 Å². The van der Waals surface area contributed by atoms with Crippen LogP contribution in [0.3, 0.4) is 0 Å². The Balaban J connectivity index is 1.94. The van der Waals surface area contributed by atoms with Gasteiger partial charge in [-0.15, -0.1) is 0 Å². The van der Waals surface area contributed by atoms with Crippen LogP contribution in [0.25, 0.3) is 0 Å². The van der Waals surface area contributed by atoms with Crippen LogP contribution in [0.1, 0.15) is 31.3 Å². The van der Waals surface area contributed by atoms with E-state index in [-0.39, 0.29) is 29.9 Å². The predicted octanol–water partition coefficient (Wildman–Crippen LogP) is 2.12. The van der Waals surface area contributed by atoms with Crippen molar-refractivity contribution < 1.29 is 38.1 Å². The third-order valence-corrected chi connectivity index (χ3v) is 4.01. The lowest BCUT2D eigenvalue weighted by molar-refractivity contribution is -0.148. The summed E-state index contributed by atoms with van der Waals surface area (Å²) in [5.41, 5.74) is -0.142. The summed E-state index contributed by atoms with van der Waals surface area (Å²) in [5.74, 6) is -1.06. The highest BCUT2D eigenvalue weighted by Gasteiger charge is 2.24. The topological polar surface area (TPSA) is 122 Å². The third-order valence-electron chi connectivity index (χ3n) is 4.01. The van der Waals surface area contributed by atoms with E-state index in [4.69, 9.17) is 23.7 Å². The van der Waals surface area contributed by atoms with Gasteiger partial charge in [-0.1, -0.05) is 18.2 Å². The van der Waals surface area contributed by atoms with Gasteiger partial charge in [0.15, 0.2) is 17.2 Å². The summed E-state index contributed by atoms with van der Waals surface area (Å²) in [6.07, 6.45) is 0.962. The van der Waals surface area contributed by atoms with Crippen molar-refractivity contribution in [2.24, 2.45) is 0 Å². The van der Waals surface area contributed by atoms with Gasteiger partial charge < -0.3 is 29.0 Å². The predicted molar refractivity (Wildman–Crippen MR) is 112 cm³/mol. The second-order valence-corrected chi connectivity index (χ2v) is 6.66. The number of benzene rings is 1. The maximum absolute atomic E-state index is 12.7. The second kappa shape index (κ2) is 12.1. The lowest BCUT2D eigenvalue weighted by Crippen LogP contribution is -2.41. The van der Waals surface area contributed by atoms with Crippen LogP contribution in [0.2, 0.25) is 0 Å². The van der Waals surface area contributed by atoms with E-state index in [0.29, 0.717) is 5.75 Å². The maximum Gasteiger partial charge on any atom is 0.328 e. The van der Waals surface area contributed by atoms with Gasteiger partial charge in [-0.05, 0) is 26.0 Å². The molecule has 2 atom stereocenters. The summed E-state index contributed by atoms with van der Waals surface area (Å²) in [4.78, 5) is 39.9. The minimum absolute atomic E-state index is 0.00208. The number of pyridine rings is 1. The number of ether oxygens (including phenoxy) is 5. The van der Waals surface area contributed by atoms with Gasteiger partial charge in [0.2, 0.25) is 6.79 Å². The molecule has 10 nitrogen and oxygen atoms in total. The zero-order chi connectivity index (χ0) is 23.5. The van der Waals surface area contributed by atoms with Gasteiger partial charge in [-0.2, -0.15) is 0 Å². The van der Waals surface area contributed by atoms with E-state index in [9.17, 15) is 14.4 Å². The zero-order valence-corrected chi connectivity index (χ0v) is 18.3. The molecule has 0 aliphatic rings. The first-order valence-corrected chi connectivity index (χ1v) is 9.80. The Morgan fingerprint density at radius 3 is 2.44 bits per heavy atom. The number of carbonyl (C=O) groups excluding carboxylic acids is 3. The van der Waals surface area contributed by atoms with Crippen molar-refractivity contribution in [3.8, 4) is 17.2 Å². The molecule has 1 heterocycles. The fraction of sp³-hybridized carbons (Fsp3) is 0.364. The highest BCUT2D eigenvalue weighted by Crippen LogP contribution is 2.29. The SMILES string of the molecule is COc1ccnc(C(=O)N[C@@H](C)C(=O)OC[C@H](C)Oc2ccccc2)c1OCOC(C)=O. The number of esters is 2. The molecule has 0 saturated carbocycles. The van der Waals surface area contributed by atoms with E-state index >= 15 is 0 Å². The monoisotopic (exact) mass is 446 g/mol. The van der Waals surface area contributed by atoms with Gasteiger partial charge >= 0.3 is 11.9 Å². The largest absolute Gasteiger partial charge is 0.493 e. The van der Waals surface area contributed by atoms with Crippen LogP contribution in [0.4, 0.5) is 0 Å². The van der Waals surface area contributed by atoms with Gasteiger partial charge in [0.25, 0.3) is 5.91 Å². The molecule has 10 heteroatoms. The minimum atomic E-state index is -0.972. The fourth-order valence-electron chi connectivity index (χ4n) is 2.48. The number of amides is 1. The molecule has 0 aliphatic carbocycles. The number of rotatable bonds is 11. The van der Waals surface area contributed by atoms with Crippen molar-refractivity contribution in [3.63, 3.8) is 0 Å². The van der Waals surface area contributed by atoms with Gasteiger partial charge in [-0.3, -0.25) is 9.59 Å². The summed E-state index contributed by atoms with van der Waals surface area (Å²) < 4.78 is 26.1. The number of nitrogens with zero attached hydrogens (tertiary/aromatic N) is 1. The van der Waals surface area contributed by atoms with E-state index in [0.717, 1.165) is 0 Å². The van der Waals surface area contributed by atoms with Crippen molar-refractivity contribution >= 4 is 17.8 Å². The molecule has 0 bridgehead atoms. The van der Waals surface area contributed by atoms with E-state index in [1.165, 1.54) is 33.2 Å².